The van der Waals surface area contributed by atoms with E-state index in [1.54, 1.807) is 0 Å². The summed E-state index contributed by atoms with van der Waals surface area (Å²) >= 11 is 0. The van der Waals surface area contributed by atoms with Crippen LogP contribution in [0, 0.1) is 10.1 Å². The molecule has 0 amide bonds. The number of nitro groups is 1. The fraction of sp³-hybridized carbons (Fsp3) is 0.538. The van der Waals surface area contributed by atoms with Gasteiger partial charge in [-0.1, -0.05) is 6.42 Å². The average molecular weight is 298 g/mol. The molecular weight excluding hydrogens is 280 g/mol. The summed E-state index contributed by atoms with van der Waals surface area (Å²) in [5.74, 6) is 0.0395. The van der Waals surface area contributed by atoms with Crippen LogP contribution in [0.15, 0.2) is 29.2 Å². The zero-order valence-corrected chi connectivity index (χ0v) is 12.2. The number of hydrogen-bond acceptors (Lipinski definition) is 5. The maximum atomic E-state index is 12.2. The first-order chi connectivity index (χ1) is 9.40. The van der Waals surface area contributed by atoms with Gasteiger partial charge in [0.2, 0.25) is 0 Å². The summed E-state index contributed by atoms with van der Waals surface area (Å²) < 4.78 is 24.3. The Morgan fingerprint density at radius 1 is 1.30 bits per heavy atom. The highest BCUT2D eigenvalue weighted by Gasteiger charge is 2.24. The van der Waals surface area contributed by atoms with E-state index < -0.39 is 14.8 Å². The molecule has 2 rings (SSSR count). The van der Waals surface area contributed by atoms with Gasteiger partial charge in [-0.15, -0.1) is 0 Å². The van der Waals surface area contributed by atoms with Crippen LogP contribution in [0.5, 0.6) is 0 Å². The van der Waals surface area contributed by atoms with Gasteiger partial charge in [-0.2, -0.15) is 0 Å². The third-order valence-corrected chi connectivity index (χ3v) is 5.53. The van der Waals surface area contributed by atoms with Gasteiger partial charge < -0.3 is 4.90 Å². The summed E-state index contributed by atoms with van der Waals surface area (Å²) in [6.45, 7) is 0.490. The Hall–Kier alpha value is -1.47. The van der Waals surface area contributed by atoms with Crippen molar-refractivity contribution in [2.45, 2.75) is 30.2 Å². The van der Waals surface area contributed by atoms with Gasteiger partial charge in [0.1, 0.15) is 0 Å². The van der Waals surface area contributed by atoms with Gasteiger partial charge >= 0.3 is 0 Å². The molecule has 0 aromatic heterocycles. The first kappa shape index (κ1) is 14.9. The molecule has 0 saturated heterocycles. The molecule has 0 bridgehead atoms. The molecule has 0 N–H and O–H groups in total. The van der Waals surface area contributed by atoms with Crippen molar-refractivity contribution in [1.29, 1.82) is 0 Å². The van der Waals surface area contributed by atoms with Gasteiger partial charge in [0.15, 0.2) is 9.84 Å². The zero-order chi connectivity index (χ0) is 14.8. The van der Waals surface area contributed by atoms with E-state index in [4.69, 9.17) is 0 Å². The van der Waals surface area contributed by atoms with Crippen LogP contribution >= 0.6 is 0 Å². The summed E-state index contributed by atoms with van der Waals surface area (Å²) in [7, 11) is -1.44. The second kappa shape index (κ2) is 5.88. The summed E-state index contributed by atoms with van der Waals surface area (Å²) in [6.07, 6.45) is 3.48. The molecule has 7 heteroatoms. The predicted octanol–water partition coefficient (Wildman–Crippen LogP) is 1.85. The van der Waals surface area contributed by atoms with Crippen molar-refractivity contribution in [3.63, 3.8) is 0 Å². The Labute approximate surface area is 118 Å². The van der Waals surface area contributed by atoms with Gasteiger partial charge in [0.05, 0.1) is 15.6 Å². The molecule has 0 spiro atoms. The van der Waals surface area contributed by atoms with Crippen molar-refractivity contribution < 1.29 is 13.3 Å². The lowest BCUT2D eigenvalue weighted by molar-refractivity contribution is -0.384. The Bertz CT molecular complexity index is 579. The summed E-state index contributed by atoms with van der Waals surface area (Å²) in [4.78, 5) is 12.2. The minimum absolute atomic E-state index is 0.0395. The number of nitro benzene ring substituents is 1. The smallest absolute Gasteiger partial charge is 0.269 e. The summed E-state index contributed by atoms with van der Waals surface area (Å²) in [5, 5.41) is 10.5. The maximum absolute atomic E-state index is 12.2. The predicted molar refractivity (Wildman–Crippen MR) is 75.4 cm³/mol. The van der Waals surface area contributed by atoms with Crippen LogP contribution in [-0.2, 0) is 9.84 Å². The monoisotopic (exact) mass is 298 g/mol. The number of benzene rings is 1. The van der Waals surface area contributed by atoms with Crippen LogP contribution in [0.25, 0.3) is 0 Å². The SMILES string of the molecule is CN(CCS(=O)(=O)c1ccc([N+](=O)[O-])cc1)C1CCC1. The van der Waals surface area contributed by atoms with Crippen molar-refractivity contribution in [2.75, 3.05) is 19.3 Å². The molecule has 0 aliphatic heterocycles. The molecule has 0 radical (unpaired) electrons. The Morgan fingerprint density at radius 3 is 2.35 bits per heavy atom. The Kier molecular flexibility index (Phi) is 4.39. The average Bonchev–Trinajstić information content (AvgIpc) is 2.34. The number of non-ortho nitro benzene ring substituents is 1. The van der Waals surface area contributed by atoms with Crippen molar-refractivity contribution >= 4 is 15.5 Å². The lowest BCUT2D eigenvalue weighted by Gasteiger charge is -2.34. The Morgan fingerprint density at radius 2 is 1.90 bits per heavy atom. The molecule has 1 saturated carbocycles. The van der Waals surface area contributed by atoms with Gasteiger partial charge in [-0.3, -0.25) is 10.1 Å². The molecule has 1 fully saturated rings. The molecule has 0 unspecified atom stereocenters. The zero-order valence-electron chi connectivity index (χ0n) is 11.4. The number of sulfone groups is 1. The quantitative estimate of drug-likeness (QED) is 0.591. The minimum Gasteiger partial charge on any atom is -0.302 e. The lowest BCUT2D eigenvalue weighted by atomic mass is 9.92. The van der Waals surface area contributed by atoms with Crippen LogP contribution in [0.2, 0.25) is 0 Å². The van der Waals surface area contributed by atoms with Crippen molar-refractivity contribution in [3.8, 4) is 0 Å². The van der Waals surface area contributed by atoms with Gasteiger partial charge in [0.25, 0.3) is 5.69 Å². The molecule has 1 aromatic rings. The first-order valence-corrected chi connectivity index (χ1v) is 8.23. The Balaban J connectivity index is 2.00. The highest BCUT2D eigenvalue weighted by Crippen LogP contribution is 2.24. The normalized spacial score (nSPS) is 16.1. The first-order valence-electron chi connectivity index (χ1n) is 6.57. The molecule has 6 nitrogen and oxygen atoms in total. The second-order valence-corrected chi connectivity index (χ2v) is 7.24. The molecule has 1 aliphatic rings. The topological polar surface area (TPSA) is 80.5 Å². The van der Waals surface area contributed by atoms with Crippen molar-refractivity contribution in [1.82, 2.24) is 4.90 Å². The minimum atomic E-state index is -3.38. The van der Waals surface area contributed by atoms with Crippen molar-refractivity contribution in [3.05, 3.63) is 34.4 Å². The van der Waals surface area contributed by atoms with E-state index in [0.717, 1.165) is 12.8 Å². The second-order valence-electron chi connectivity index (χ2n) is 5.14. The molecular formula is C13H18N2O4S. The molecule has 20 heavy (non-hydrogen) atoms. The molecule has 1 aliphatic carbocycles. The third-order valence-electron chi connectivity index (χ3n) is 3.82. The highest BCUT2D eigenvalue weighted by molar-refractivity contribution is 7.91. The van der Waals surface area contributed by atoms with Crippen molar-refractivity contribution in [2.24, 2.45) is 0 Å². The van der Waals surface area contributed by atoms with Gasteiger partial charge in [-0.25, -0.2) is 8.42 Å². The van der Waals surface area contributed by atoms with E-state index in [1.807, 2.05) is 7.05 Å². The van der Waals surface area contributed by atoms with E-state index >= 15 is 0 Å². The van der Waals surface area contributed by atoms with Crippen LogP contribution < -0.4 is 0 Å². The van der Waals surface area contributed by atoms with Crippen LogP contribution in [0.4, 0.5) is 5.69 Å². The number of nitrogens with zero attached hydrogens (tertiary/aromatic N) is 2. The summed E-state index contributed by atoms with van der Waals surface area (Å²) in [6, 6.07) is 5.56. The maximum Gasteiger partial charge on any atom is 0.269 e. The standard InChI is InChI=1S/C13H18N2O4S/c1-14(11-3-2-4-11)9-10-20(18,19)13-7-5-12(6-8-13)15(16)17/h5-8,11H,2-4,9-10H2,1H3. The molecule has 110 valence electrons. The van der Waals surface area contributed by atoms with E-state index in [1.165, 1.54) is 30.7 Å². The fourth-order valence-corrected chi connectivity index (χ4v) is 3.48. The van der Waals surface area contributed by atoms with Crippen LogP contribution in [-0.4, -0.2) is 43.6 Å². The van der Waals surface area contributed by atoms with E-state index in [2.05, 4.69) is 4.90 Å². The fourth-order valence-electron chi connectivity index (χ4n) is 2.17. The van der Waals surface area contributed by atoms with E-state index in [0.29, 0.717) is 12.6 Å². The third kappa shape index (κ3) is 3.34. The van der Waals surface area contributed by atoms with Gasteiger partial charge in [-0.05, 0) is 32.0 Å². The molecule has 1 aromatic carbocycles. The number of rotatable bonds is 6. The largest absolute Gasteiger partial charge is 0.302 e. The summed E-state index contributed by atoms with van der Waals surface area (Å²) in [5.41, 5.74) is -0.101. The van der Waals surface area contributed by atoms with E-state index in [9.17, 15) is 18.5 Å². The lowest BCUT2D eigenvalue weighted by Crippen LogP contribution is -2.39. The van der Waals surface area contributed by atoms with Gasteiger partial charge in [0, 0.05) is 24.7 Å². The highest BCUT2D eigenvalue weighted by atomic mass is 32.2. The van der Waals surface area contributed by atoms with E-state index in [-0.39, 0.29) is 16.3 Å². The number of hydrogen-bond donors (Lipinski definition) is 0. The van der Waals surface area contributed by atoms with Crippen LogP contribution in [0.1, 0.15) is 19.3 Å². The molecule has 0 heterocycles. The molecule has 0 atom stereocenters. The van der Waals surface area contributed by atoms with Crippen LogP contribution in [0.3, 0.4) is 0 Å².